The van der Waals surface area contributed by atoms with Crippen LogP contribution in [0.2, 0.25) is 0 Å². The lowest BCUT2D eigenvalue weighted by Gasteiger charge is -2.31. The lowest BCUT2D eigenvalue weighted by Crippen LogP contribution is -2.38. The molecule has 0 aromatic heterocycles. The normalized spacial score (nSPS) is 32.5. The Morgan fingerprint density at radius 3 is 2.65 bits per heavy atom. The Bertz CT molecular complexity index is 575. The highest BCUT2D eigenvalue weighted by molar-refractivity contribution is 6.14. The van der Waals surface area contributed by atoms with Crippen LogP contribution in [-0.4, -0.2) is 17.3 Å². The summed E-state index contributed by atoms with van der Waals surface area (Å²) in [5.74, 6) is 0.0248. The van der Waals surface area contributed by atoms with Gasteiger partial charge in [-0.1, -0.05) is 30.3 Å². The number of carbonyl (C=O) groups excluding carboxylic acids is 3. The maximum Gasteiger partial charge on any atom is 0.163 e. The maximum atomic E-state index is 12.3. The molecule has 3 nitrogen and oxygen atoms in total. The van der Waals surface area contributed by atoms with E-state index in [1.807, 2.05) is 18.2 Å². The molecule has 0 amide bonds. The zero-order chi connectivity index (χ0) is 14.3. The number of benzene rings is 1. The lowest BCUT2D eigenvalue weighted by atomic mass is 9.69. The molecule has 20 heavy (non-hydrogen) atoms. The third-order valence-corrected chi connectivity index (χ3v) is 5.03. The lowest BCUT2D eigenvalue weighted by molar-refractivity contribution is -0.137. The van der Waals surface area contributed by atoms with Crippen LogP contribution in [0.25, 0.3) is 0 Å². The molecule has 3 heteroatoms. The molecule has 0 N–H and O–H groups in total. The molecule has 0 aliphatic heterocycles. The van der Waals surface area contributed by atoms with Crippen LogP contribution in [0.15, 0.2) is 30.3 Å². The topological polar surface area (TPSA) is 51.2 Å². The summed E-state index contributed by atoms with van der Waals surface area (Å²) in [6, 6.07) is 9.17. The van der Waals surface area contributed by atoms with Crippen molar-refractivity contribution in [2.45, 2.75) is 32.6 Å². The Hall–Kier alpha value is -1.77. The highest BCUT2D eigenvalue weighted by atomic mass is 16.2. The summed E-state index contributed by atoms with van der Waals surface area (Å²) < 4.78 is 0. The molecule has 2 aliphatic carbocycles. The smallest absolute Gasteiger partial charge is 0.163 e. The van der Waals surface area contributed by atoms with Gasteiger partial charge in [-0.05, 0) is 25.7 Å². The highest BCUT2D eigenvalue weighted by Crippen LogP contribution is 2.49. The minimum atomic E-state index is -0.753. The Labute approximate surface area is 118 Å². The summed E-state index contributed by atoms with van der Waals surface area (Å²) in [5.41, 5.74) is -0.0608. The van der Waals surface area contributed by atoms with E-state index < -0.39 is 5.41 Å². The third-order valence-electron chi connectivity index (χ3n) is 5.03. The predicted octanol–water partition coefficient (Wildman–Crippen LogP) is 2.83. The fraction of sp³-hybridized carbons (Fsp3) is 0.471. The molecule has 1 aromatic carbocycles. The standard InChI is InChI=1S/C17H18O3/c1-17-8-7-12(13(16(17)20)10-15(17)19)9-14(18)11-5-3-2-4-6-11/h2-6,12-13H,7-10H2,1H3/t12-,13-,17-/m0/s1. The number of hydrogen-bond acceptors (Lipinski definition) is 3. The van der Waals surface area contributed by atoms with Gasteiger partial charge in [0.05, 0.1) is 5.41 Å². The summed E-state index contributed by atoms with van der Waals surface area (Å²) in [6.07, 6.45) is 2.12. The first-order valence-corrected chi connectivity index (χ1v) is 7.18. The van der Waals surface area contributed by atoms with Crippen LogP contribution in [0.3, 0.4) is 0 Å². The van der Waals surface area contributed by atoms with Crippen molar-refractivity contribution >= 4 is 17.3 Å². The maximum absolute atomic E-state index is 12.3. The molecule has 3 atom stereocenters. The third kappa shape index (κ3) is 1.92. The van der Waals surface area contributed by atoms with E-state index in [-0.39, 0.29) is 29.2 Å². The second kappa shape index (κ2) is 4.65. The van der Waals surface area contributed by atoms with Gasteiger partial charge in [-0.25, -0.2) is 0 Å². The quantitative estimate of drug-likeness (QED) is 0.627. The molecule has 0 radical (unpaired) electrons. The molecule has 0 saturated heterocycles. The first kappa shape index (κ1) is 13.2. The molecule has 0 unspecified atom stereocenters. The Kier molecular flexibility index (Phi) is 3.08. The van der Waals surface area contributed by atoms with Crippen molar-refractivity contribution in [1.82, 2.24) is 0 Å². The second-order valence-electron chi connectivity index (χ2n) is 6.22. The molecule has 104 valence electrons. The van der Waals surface area contributed by atoms with Gasteiger partial charge in [0.15, 0.2) is 5.78 Å². The average Bonchev–Trinajstić information content (AvgIpc) is 2.60. The van der Waals surface area contributed by atoms with E-state index in [4.69, 9.17) is 0 Å². The van der Waals surface area contributed by atoms with Gasteiger partial charge in [0.2, 0.25) is 0 Å². The zero-order valence-corrected chi connectivity index (χ0v) is 11.6. The Morgan fingerprint density at radius 2 is 1.95 bits per heavy atom. The van der Waals surface area contributed by atoms with Crippen molar-refractivity contribution < 1.29 is 14.4 Å². The first-order valence-electron chi connectivity index (χ1n) is 7.18. The summed E-state index contributed by atoms with van der Waals surface area (Å²) in [7, 11) is 0. The molecular weight excluding hydrogens is 252 g/mol. The Morgan fingerprint density at radius 1 is 1.25 bits per heavy atom. The molecule has 3 rings (SSSR count). The van der Waals surface area contributed by atoms with E-state index in [1.165, 1.54) is 0 Å². The van der Waals surface area contributed by atoms with Gasteiger partial charge in [-0.15, -0.1) is 0 Å². The molecule has 2 fully saturated rings. The molecule has 0 heterocycles. The summed E-state index contributed by atoms with van der Waals surface area (Å²) in [5, 5.41) is 0. The van der Waals surface area contributed by atoms with Gasteiger partial charge in [0.25, 0.3) is 0 Å². The van der Waals surface area contributed by atoms with Crippen LogP contribution in [0, 0.1) is 17.3 Å². The number of carbonyl (C=O) groups is 3. The molecule has 2 bridgehead atoms. The van der Waals surface area contributed by atoms with Crippen molar-refractivity contribution in [2.24, 2.45) is 17.3 Å². The van der Waals surface area contributed by atoms with E-state index in [9.17, 15) is 14.4 Å². The van der Waals surface area contributed by atoms with Crippen molar-refractivity contribution in [3.8, 4) is 0 Å². The average molecular weight is 270 g/mol. The van der Waals surface area contributed by atoms with E-state index >= 15 is 0 Å². The van der Waals surface area contributed by atoms with Crippen molar-refractivity contribution in [3.05, 3.63) is 35.9 Å². The van der Waals surface area contributed by atoms with Crippen LogP contribution in [0.1, 0.15) is 43.0 Å². The predicted molar refractivity (Wildman–Crippen MR) is 74.3 cm³/mol. The van der Waals surface area contributed by atoms with Gasteiger partial charge in [0, 0.05) is 24.3 Å². The fourth-order valence-corrected chi connectivity index (χ4v) is 3.61. The molecule has 2 saturated carbocycles. The number of rotatable bonds is 3. The first-order chi connectivity index (χ1) is 9.52. The number of fused-ring (bicyclic) bond motifs is 2. The van der Waals surface area contributed by atoms with Crippen molar-refractivity contribution in [1.29, 1.82) is 0 Å². The SMILES string of the molecule is C[C@]12CC[C@@H](CC(=O)c3ccccc3)[C@H](CC1=O)C2=O. The summed E-state index contributed by atoms with van der Waals surface area (Å²) in [4.78, 5) is 36.6. The summed E-state index contributed by atoms with van der Waals surface area (Å²) in [6.45, 7) is 1.77. The van der Waals surface area contributed by atoms with Gasteiger partial charge in [0.1, 0.15) is 11.6 Å². The highest BCUT2D eigenvalue weighted by Gasteiger charge is 2.56. The van der Waals surface area contributed by atoms with Crippen LogP contribution >= 0.6 is 0 Å². The zero-order valence-electron chi connectivity index (χ0n) is 11.6. The van der Waals surface area contributed by atoms with E-state index in [2.05, 4.69) is 0 Å². The fourth-order valence-electron chi connectivity index (χ4n) is 3.61. The minimum Gasteiger partial charge on any atom is -0.299 e. The number of ketones is 3. The molecular formula is C17H18O3. The van der Waals surface area contributed by atoms with Gasteiger partial charge < -0.3 is 0 Å². The minimum absolute atomic E-state index is 0.0368. The van der Waals surface area contributed by atoms with Crippen molar-refractivity contribution in [3.63, 3.8) is 0 Å². The Balaban J connectivity index is 1.76. The van der Waals surface area contributed by atoms with Crippen molar-refractivity contribution in [2.75, 3.05) is 0 Å². The molecule has 0 spiro atoms. The van der Waals surface area contributed by atoms with Crippen LogP contribution < -0.4 is 0 Å². The van der Waals surface area contributed by atoms with E-state index in [1.54, 1.807) is 19.1 Å². The monoisotopic (exact) mass is 270 g/mol. The largest absolute Gasteiger partial charge is 0.299 e. The number of hydrogen-bond donors (Lipinski definition) is 0. The summed E-state index contributed by atoms with van der Waals surface area (Å²) >= 11 is 0. The number of Topliss-reactive ketones (excluding diaryl/α,β-unsaturated/α-hetero) is 3. The molecule has 2 aliphatic rings. The van der Waals surface area contributed by atoms with E-state index in [0.29, 0.717) is 24.8 Å². The van der Waals surface area contributed by atoms with E-state index in [0.717, 1.165) is 6.42 Å². The molecule has 1 aromatic rings. The second-order valence-corrected chi connectivity index (χ2v) is 6.22. The van der Waals surface area contributed by atoms with Crippen LogP contribution in [0.4, 0.5) is 0 Å². The van der Waals surface area contributed by atoms with Crippen LogP contribution in [-0.2, 0) is 9.59 Å². The van der Waals surface area contributed by atoms with Crippen LogP contribution in [0.5, 0.6) is 0 Å². The van der Waals surface area contributed by atoms with Gasteiger partial charge >= 0.3 is 0 Å². The van der Waals surface area contributed by atoms with Gasteiger partial charge in [-0.2, -0.15) is 0 Å². The van der Waals surface area contributed by atoms with Gasteiger partial charge in [-0.3, -0.25) is 14.4 Å².